The zero-order chi connectivity index (χ0) is 14.8. The lowest BCUT2D eigenvalue weighted by Crippen LogP contribution is -2.31. The molecule has 20 heavy (non-hydrogen) atoms. The minimum Gasteiger partial charge on any atom is -0.395 e. The van der Waals surface area contributed by atoms with E-state index in [4.69, 9.17) is 10.2 Å². The van der Waals surface area contributed by atoms with Crippen LogP contribution in [-0.4, -0.2) is 35.5 Å². The van der Waals surface area contributed by atoms with Gasteiger partial charge >= 0.3 is 0 Å². The highest BCUT2D eigenvalue weighted by atomic mass is 16.3. The van der Waals surface area contributed by atoms with E-state index in [0.717, 1.165) is 25.9 Å². The molecule has 114 valence electrons. The molecule has 0 spiro atoms. The van der Waals surface area contributed by atoms with Crippen molar-refractivity contribution >= 4 is 0 Å². The van der Waals surface area contributed by atoms with Crippen molar-refractivity contribution in [2.45, 2.75) is 51.9 Å². The maximum Gasteiger partial charge on any atom is 0.0584 e. The molecular formula is C16H28N2O2. The molecule has 1 aromatic rings. The van der Waals surface area contributed by atoms with Crippen LogP contribution in [0.1, 0.15) is 37.8 Å². The van der Waals surface area contributed by atoms with Crippen molar-refractivity contribution in [3.8, 4) is 0 Å². The Morgan fingerprint density at radius 1 is 0.800 bits per heavy atom. The van der Waals surface area contributed by atoms with E-state index in [1.165, 1.54) is 11.1 Å². The minimum atomic E-state index is 0.172. The third-order valence-electron chi connectivity index (χ3n) is 3.64. The second-order valence-corrected chi connectivity index (χ2v) is 5.15. The highest BCUT2D eigenvalue weighted by Gasteiger charge is 2.05. The van der Waals surface area contributed by atoms with E-state index in [2.05, 4.69) is 48.7 Å². The standard InChI is InChI=1S/C16H28N2O2/c1-3-15(11-19)17-9-13-5-7-14(8-6-13)10-18-16(4-2)12-20/h5-8,15-20H,3-4,9-12H2,1-2H3/t15-,16?/m1/s1. The molecule has 0 bridgehead atoms. The van der Waals surface area contributed by atoms with Gasteiger partial charge in [-0.2, -0.15) is 0 Å². The quantitative estimate of drug-likeness (QED) is 0.523. The Labute approximate surface area is 122 Å². The van der Waals surface area contributed by atoms with Crippen molar-refractivity contribution in [1.29, 1.82) is 0 Å². The van der Waals surface area contributed by atoms with Crippen molar-refractivity contribution in [3.05, 3.63) is 35.4 Å². The molecule has 1 unspecified atom stereocenters. The van der Waals surface area contributed by atoms with E-state index >= 15 is 0 Å². The lowest BCUT2D eigenvalue weighted by Gasteiger charge is -2.15. The molecule has 1 rings (SSSR count). The van der Waals surface area contributed by atoms with Crippen molar-refractivity contribution in [1.82, 2.24) is 10.6 Å². The Bertz CT molecular complexity index is 311. The van der Waals surface area contributed by atoms with Gasteiger partial charge in [0.25, 0.3) is 0 Å². The van der Waals surface area contributed by atoms with Crippen molar-refractivity contribution in [3.63, 3.8) is 0 Å². The summed E-state index contributed by atoms with van der Waals surface area (Å²) in [4.78, 5) is 0. The largest absolute Gasteiger partial charge is 0.395 e. The number of benzene rings is 1. The van der Waals surface area contributed by atoms with E-state index in [9.17, 15) is 0 Å². The first-order chi connectivity index (χ1) is 9.73. The van der Waals surface area contributed by atoms with E-state index in [1.807, 2.05) is 0 Å². The molecule has 4 heteroatoms. The van der Waals surface area contributed by atoms with Crippen LogP contribution in [0.5, 0.6) is 0 Å². The van der Waals surface area contributed by atoms with Gasteiger partial charge in [-0.05, 0) is 24.0 Å². The van der Waals surface area contributed by atoms with Crippen LogP contribution in [0.25, 0.3) is 0 Å². The molecule has 0 saturated carbocycles. The Morgan fingerprint density at radius 3 is 1.40 bits per heavy atom. The van der Waals surface area contributed by atoms with Crippen molar-refractivity contribution in [2.24, 2.45) is 0 Å². The maximum atomic E-state index is 9.13. The summed E-state index contributed by atoms with van der Waals surface area (Å²) in [6, 6.07) is 8.77. The lowest BCUT2D eigenvalue weighted by molar-refractivity contribution is 0.238. The number of nitrogens with one attached hydrogen (secondary N) is 2. The molecule has 1 aromatic carbocycles. The Balaban J connectivity index is 2.40. The van der Waals surface area contributed by atoms with E-state index in [0.29, 0.717) is 0 Å². The molecule has 0 aliphatic rings. The van der Waals surface area contributed by atoms with Gasteiger partial charge in [-0.3, -0.25) is 0 Å². The van der Waals surface area contributed by atoms with Gasteiger partial charge < -0.3 is 20.8 Å². The molecule has 4 N–H and O–H groups in total. The number of rotatable bonds is 10. The third kappa shape index (κ3) is 6.01. The molecule has 0 radical (unpaired) electrons. The highest BCUT2D eigenvalue weighted by molar-refractivity contribution is 5.22. The van der Waals surface area contributed by atoms with Gasteiger partial charge in [0, 0.05) is 25.2 Å². The summed E-state index contributed by atoms with van der Waals surface area (Å²) in [6.07, 6.45) is 1.86. The van der Waals surface area contributed by atoms with Gasteiger partial charge in [-0.15, -0.1) is 0 Å². The van der Waals surface area contributed by atoms with E-state index in [1.54, 1.807) is 0 Å². The fraction of sp³-hybridized carbons (Fsp3) is 0.625. The predicted molar refractivity (Wildman–Crippen MR) is 82.5 cm³/mol. The van der Waals surface area contributed by atoms with Gasteiger partial charge in [0.15, 0.2) is 0 Å². The lowest BCUT2D eigenvalue weighted by atomic mass is 10.1. The highest BCUT2D eigenvalue weighted by Crippen LogP contribution is 2.06. The summed E-state index contributed by atoms with van der Waals surface area (Å²) in [5.41, 5.74) is 2.43. The summed E-state index contributed by atoms with van der Waals surface area (Å²) in [6.45, 7) is 6.04. The molecule has 0 aromatic heterocycles. The number of hydrogen-bond donors (Lipinski definition) is 4. The van der Waals surface area contributed by atoms with Gasteiger partial charge in [-0.25, -0.2) is 0 Å². The molecule has 0 aliphatic heterocycles. The number of aliphatic hydroxyl groups excluding tert-OH is 2. The van der Waals surface area contributed by atoms with E-state index < -0.39 is 0 Å². The molecule has 0 saturated heterocycles. The van der Waals surface area contributed by atoms with Crippen LogP contribution < -0.4 is 10.6 Å². The summed E-state index contributed by atoms with van der Waals surface area (Å²) in [5.74, 6) is 0. The second kappa shape index (κ2) is 9.88. The SMILES string of the molecule is CCC(CO)NCc1ccc(CN[C@H](CC)CO)cc1. The summed E-state index contributed by atoms with van der Waals surface area (Å²) >= 11 is 0. The van der Waals surface area contributed by atoms with Crippen molar-refractivity contribution < 1.29 is 10.2 Å². The molecule has 4 nitrogen and oxygen atoms in total. The molecule has 0 heterocycles. The van der Waals surface area contributed by atoms with Gasteiger partial charge in [0.2, 0.25) is 0 Å². The smallest absolute Gasteiger partial charge is 0.0584 e. The molecular weight excluding hydrogens is 252 g/mol. The second-order valence-electron chi connectivity index (χ2n) is 5.15. The topological polar surface area (TPSA) is 64.5 Å². The zero-order valence-electron chi connectivity index (χ0n) is 12.6. The Kier molecular flexibility index (Phi) is 8.46. The third-order valence-corrected chi connectivity index (χ3v) is 3.64. The van der Waals surface area contributed by atoms with Gasteiger partial charge in [-0.1, -0.05) is 38.1 Å². The number of hydrogen-bond acceptors (Lipinski definition) is 4. The molecule has 0 amide bonds. The maximum absolute atomic E-state index is 9.13. The van der Waals surface area contributed by atoms with Crippen LogP contribution in [0.3, 0.4) is 0 Å². The van der Waals surface area contributed by atoms with Crippen molar-refractivity contribution in [2.75, 3.05) is 13.2 Å². The monoisotopic (exact) mass is 280 g/mol. The van der Waals surface area contributed by atoms with Crippen LogP contribution >= 0.6 is 0 Å². The first-order valence-corrected chi connectivity index (χ1v) is 7.49. The summed E-state index contributed by atoms with van der Waals surface area (Å²) < 4.78 is 0. The zero-order valence-corrected chi connectivity index (χ0v) is 12.6. The number of aliphatic hydroxyl groups is 2. The van der Waals surface area contributed by atoms with Crippen LogP contribution in [0.15, 0.2) is 24.3 Å². The van der Waals surface area contributed by atoms with Crippen LogP contribution in [0.4, 0.5) is 0 Å². The first-order valence-electron chi connectivity index (χ1n) is 7.49. The summed E-state index contributed by atoms with van der Waals surface area (Å²) in [5, 5.41) is 24.9. The van der Waals surface area contributed by atoms with Gasteiger partial charge in [0.1, 0.15) is 0 Å². The molecule has 2 atom stereocenters. The first kappa shape index (κ1) is 17.1. The fourth-order valence-corrected chi connectivity index (χ4v) is 1.98. The fourth-order valence-electron chi connectivity index (χ4n) is 1.98. The Morgan fingerprint density at radius 2 is 1.15 bits per heavy atom. The predicted octanol–water partition coefficient (Wildman–Crippen LogP) is 1.41. The molecule has 0 aliphatic carbocycles. The Hall–Kier alpha value is -0.940. The van der Waals surface area contributed by atoms with E-state index in [-0.39, 0.29) is 25.3 Å². The van der Waals surface area contributed by atoms with Crippen LogP contribution in [-0.2, 0) is 13.1 Å². The van der Waals surface area contributed by atoms with Crippen LogP contribution in [0.2, 0.25) is 0 Å². The average Bonchev–Trinajstić information content (AvgIpc) is 2.50. The minimum absolute atomic E-state index is 0.172. The van der Waals surface area contributed by atoms with Gasteiger partial charge in [0.05, 0.1) is 13.2 Å². The normalized spacial score (nSPS) is 14.2. The average molecular weight is 280 g/mol. The van der Waals surface area contributed by atoms with Crippen LogP contribution in [0, 0.1) is 0 Å². The summed E-state index contributed by atoms with van der Waals surface area (Å²) in [7, 11) is 0. The molecule has 0 fully saturated rings.